The minimum Gasteiger partial charge on any atom is -0.493 e. The van der Waals surface area contributed by atoms with E-state index in [0.29, 0.717) is 45.9 Å². The molecule has 8 heteroatoms. The van der Waals surface area contributed by atoms with Crippen molar-refractivity contribution in [3.63, 3.8) is 0 Å². The van der Waals surface area contributed by atoms with Gasteiger partial charge in [0.25, 0.3) is 0 Å². The molecule has 1 aliphatic heterocycles. The lowest BCUT2D eigenvalue weighted by atomic mass is 10.1. The Labute approximate surface area is 178 Å². The fraction of sp³-hybridized carbons (Fsp3) is 0.409. The highest BCUT2D eigenvalue weighted by Gasteiger charge is 2.25. The third-order valence-electron chi connectivity index (χ3n) is 4.89. The zero-order valence-electron chi connectivity index (χ0n) is 17.2. The van der Waals surface area contributed by atoms with Crippen LogP contribution in [0.15, 0.2) is 53.4 Å². The van der Waals surface area contributed by atoms with Crippen LogP contribution in [-0.2, 0) is 26.0 Å². The maximum atomic E-state index is 12.6. The van der Waals surface area contributed by atoms with E-state index in [1.165, 1.54) is 4.31 Å². The van der Waals surface area contributed by atoms with Crippen molar-refractivity contribution in [1.82, 2.24) is 9.62 Å². The van der Waals surface area contributed by atoms with Gasteiger partial charge < -0.3 is 14.8 Å². The summed E-state index contributed by atoms with van der Waals surface area (Å²) in [5.74, 6) is 0.675. The largest absolute Gasteiger partial charge is 0.493 e. The number of ether oxygens (including phenoxy) is 2. The number of carbonyl (C=O) groups is 1. The minimum atomic E-state index is -3.48. The zero-order valence-corrected chi connectivity index (χ0v) is 18.0. The monoisotopic (exact) mass is 432 g/mol. The Morgan fingerprint density at radius 3 is 2.40 bits per heavy atom. The quantitative estimate of drug-likeness (QED) is 0.656. The summed E-state index contributed by atoms with van der Waals surface area (Å²) in [5.41, 5.74) is 2.12. The summed E-state index contributed by atoms with van der Waals surface area (Å²) in [6.45, 7) is 4.42. The van der Waals surface area contributed by atoms with Gasteiger partial charge in [0.15, 0.2) is 0 Å². The van der Waals surface area contributed by atoms with Crippen LogP contribution in [0.2, 0.25) is 0 Å². The third-order valence-corrected chi connectivity index (χ3v) is 6.80. The maximum Gasteiger partial charge on any atom is 0.243 e. The van der Waals surface area contributed by atoms with Crippen molar-refractivity contribution in [3.05, 3.63) is 59.7 Å². The van der Waals surface area contributed by atoms with Gasteiger partial charge in [-0.3, -0.25) is 4.79 Å². The Balaban J connectivity index is 1.39. The fourth-order valence-electron chi connectivity index (χ4n) is 3.09. The lowest BCUT2D eigenvalue weighted by Crippen LogP contribution is -2.40. The summed E-state index contributed by atoms with van der Waals surface area (Å²) in [5, 5.41) is 2.86. The van der Waals surface area contributed by atoms with Gasteiger partial charge >= 0.3 is 0 Å². The van der Waals surface area contributed by atoms with Crippen LogP contribution in [0.5, 0.6) is 5.75 Å². The van der Waals surface area contributed by atoms with Crippen LogP contribution in [-0.4, -0.2) is 58.1 Å². The van der Waals surface area contributed by atoms with E-state index in [2.05, 4.69) is 5.32 Å². The average molecular weight is 433 g/mol. The molecule has 1 fully saturated rings. The first-order valence-electron chi connectivity index (χ1n) is 10.1. The normalized spacial score (nSPS) is 15.0. The third kappa shape index (κ3) is 6.29. The molecule has 1 amide bonds. The van der Waals surface area contributed by atoms with E-state index in [1.807, 2.05) is 31.2 Å². The maximum absolute atomic E-state index is 12.6. The Hall–Kier alpha value is -2.42. The topological polar surface area (TPSA) is 84.9 Å². The number of amides is 1. The first-order chi connectivity index (χ1) is 14.4. The van der Waals surface area contributed by atoms with E-state index in [1.54, 1.807) is 24.3 Å². The first-order valence-corrected chi connectivity index (χ1v) is 11.5. The molecule has 0 atom stereocenters. The number of hydrogen-bond donors (Lipinski definition) is 1. The van der Waals surface area contributed by atoms with Crippen molar-refractivity contribution in [2.24, 2.45) is 0 Å². The van der Waals surface area contributed by atoms with Gasteiger partial charge in [-0.1, -0.05) is 29.8 Å². The van der Waals surface area contributed by atoms with Gasteiger partial charge in [0, 0.05) is 19.6 Å². The van der Waals surface area contributed by atoms with Crippen molar-refractivity contribution in [1.29, 1.82) is 0 Å². The van der Waals surface area contributed by atoms with Gasteiger partial charge in [0.1, 0.15) is 5.75 Å². The molecule has 0 spiro atoms. The number of rotatable bonds is 9. The van der Waals surface area contributed by atoms with Gasteiger partial charge in [-0.2, -0.15) is 4.31 Å². The lowest BCUT2D eigenvalue weighted by molar-refractivity contribution is -0.121. The highest BCUT2D eigenvalue weighted by Crippen LogP contribution is 2.18. The molecular formula is C22H28N2O5S. The summed E-state index contributed by atoms with van der Waals surface area (Å²) < 4.78 is 37.5. The van der Waals surface area contributed by atoms with Crippen LogP contribution in [0.1, 0.15) is 17.5 Å². The number of sulfonamides is 1. The second-order valence-corrected chi connectivity index (χ2v) is 9.11. The SMILES string of the molecule is Cc1ccc(OCCC(=O)NCCc2ccc(S(=O)(=O)N3CCOCC3)cc2)cc1. The number of nitrogens with one attached hydrogen (secondary N) is 1. The van der Waals surface area contributed by atoms with Crippen molar-refractivity contribution in [2.75, 3.05) is 39.5 Å². The molecule has 1 N–H and O–H groups in total. The summed E-state index contributed by atoms with van der Waals surface area (Å²) in [6, 6.07) is 14.5. The van der Waals surface area contributed by atoms with E-state index < -0.39 is 10.0 Å². The molecule has 2 aromatic rings. The predicted octanol–water partition coefficient (Wildman–Crippen LogP) is 2.14. The summed E-state index contributed by atoms with van der Waals surface area (Å²) >= 11 is 0. The zero-order chi connectivity index (χ0) is 21.4. The second kappa shape index (κ2) is 10.6. The molecule has 0 unspecified atom stereocenters. The van der Waals surface area contributed by atoms with Crippen LogP contribution in [0.3, 0.4) is 0 Å². The molecule has 2 aromatic carbocycles. The highest BCUT2D eigenvalue weighted by molar-refractivity contribution is 7.89. The van der Waals surface area contributed by atoms with E-state index in [0.717, 1.165) is 16.9 Å². The van der Waals surface area contributed by atoms with Gasteiger partial charge in [-0.15, -0.1) is 0 Å². The molecule has 0 radical (unpaired) electrons. The summed E-state index contributed by atoms with van der Waals surface area (Å²) in [4.78, 5) is 12.2. The summed E-state index contributed by atoms with van der Waals surface area (Å²) in [7, 11) is -3.48. The molecule has 0 aliphatic carbocycles. The van der Waals surface area contributed by atoms with E-state index in [4.69, 9.17) is 9.47 Å². The van der Waals surface area contributed by atoms with Crippen molar-refractivity contribution in [2.45, 2.75) is 24.7 Å². The lowest BCUT2D eigenvalue weighted by Gasteiger charge is -2.26. The second-order valence-electron chi connectivity index (χ2n) is 7.17. The first kappa shape index (κ1) is 22.3. The van der Waals surface area contributed by atoms with Crippen molar-refractivity contribution >= 4 is 15.9 Å². The summed E-state index contributed by atoms with van der Waals surface area (Å²) in [6.07, 6.45) is 0.910. The van der Waals surface area contributed by atoms with E-state index >= 15 is 0 Å². The molecule has 1 heterocycles. The number of aryl methyl sites for hydroxylation is 1. The van der Waals surface area contributed by atoms with Crippen molar-refractivity contribution < 1.29 is 22.7 Å². The number of nitrogens with zero attached hydrogens (tertiary/aromatic N) is 1. The number of benzene rings is 2. The van der Waals surface area contributed by atoms with Crippen LogP contribution in [0.4, 0.5) is 0 Å². The van der Waals surface area contributed by atoms with Crippen LogP contribution < -0.4 is 10.1 Å². The van der Waals surface area contributed by atoms with Gasteiger partial charge in [0.05, 0.1) is 31.1 Å². The van der Waals surface area contributed by atoms with Gasteiger partial charge in [-0.25, -0.2) is 8.42 Å². The Bertz CT molecular complexity index is 921. The Morgan fingerprint density at radius 1 is 1.07 bits per heavy atom. The van der Waals surface area contributed by atoms with E-state index in [9.17, 15) is 13.2 Å². The molecule has 7 nitrogen and oxygen atoms in total. The molecule has 0 saturated carbocycles. The van der Waals surface area contributed by atoms with Gasteiger partial charge in [0.2, 0.25) is 15.9 Å². The Kier molecular flexibility index (Phi) is 7.84. The highest BCUT2D eigenvalue weighted by atomic mass is 32.2. The predicted molar refractivity (Wildman–Crippen MR) is 114 cm³/mol. The standard InChI is InChI=1S/C22H28N2O5S/c1-18-2-6-20(7-3-18)29-15-11-22(25)23-12-10-19-4-8-21(9-5-19)30(26,27)24-13-16-28-17-14-24/h2-9H,10-17H2,1H3,(H,23,25). The number of carbonyl (C=O) groups excluding carboxylic acids is 1. The average Bonchev–Trinajstić information content (AvgIpc) is 2.76. The number of hydrogen-bond acceptors (Lipinski definition) is 5. The molecule has 1 saturated heterocycles. The fourth-order valence-corrected chi connectivity index (χ4v) is 4.50. The molecular weight excluding hydrogens is 404 g/mol. The molecule has 0 aromatic heterocycles. The molecule has 1 aliphatic rings. The minimum absolute atomic E-state index is 0.0753. The van der Waals surface area contributed by atoms with Crippen molar-refractivity contribution in [3.8, 4) is 5.75 Å². The van der Waals surface area contributed by atoms with Crippen LogP contribution in [0.25, 0.3) is 0 Å². The smallest absolute Gasteiger partial charge is 0.243 e. The number of morpholine rings is 1. The molecule has 162 valence electrons. The molecule has 3 rings (SSSR count). The van der Waals surface area contributed by atoms with Gasteiger partial charge in [-0.05, 0) is 43.2 Å². The molecule has 0 bridgehead atoms. The molecule has 30 heavy (non-hydrogen) atoms. The van der Waals surface area contributed by atoms with Crippen LogP contribution in [0, 0.1) is 6.92 Å². The van der Waals surface area contributed by atoms with Crippen LogP contribution >= 0.6 is 0 Å². The van der Waals surface area contributed by atoms with E-state index in [-0.39, 0.29) is 17.2 Å². The Morgan fingerprint density at radius 2 is 1.73 bits per heavy atom.